The molecule has 0 aliphatic heterocycles. The molecule has 0 atom stereocenters. The Labute approximate surface area is 209 Å². The molecule has 0 radical (unpaired) electrons. The summed E-state index contributed by atoms with van der Waals surface area (Å²) in [5.74, 6) is -3.12. The molecule has 0 amide bonds. The van der Waals surface area contributed by atoms with Crippen molar-refractivity contribution in [2.24, 2.45) is 0 Å². The number of benzene rings is 3. The average molecular weight is 553 g/mol. The predicted molar refractivity (Wildman–Crippen MR) is 126 cm³/mol. The van der Waals surface area contributed by atoms with Gasteiger partial charge >= 0.3 is 6.18 Å². The first-order valence-electron chi connectivity index (χ1n) is 10.3. The summed E-state index contributed by atoms with van der Waals surface area (Å²) in [5, 5.41) is 0. The van der Waals surface area contributed by atoms with E-state index in [0.29, 0.717) is 5.56 Å². The number of alkyl halides is 3. The van der Waals surface area contributed by atoms with Crippen LogP contribution < -0.4 is 0 Å². The Hall–Kier alpha value is -3.68. The SMILES string of the molecule is CS(=O)(=O)c1ccc(-c2c(-c3ccccc3)cc(-c3ccnc(C(F)(F)F)n3)c(F)c2S(=O)(=O)O)cc1. The highest BCUT2D eigenvalue weighted by molar-refractivity contribution is 7.90. The van der Waals surface area contributed by atoms with Crippen molar-refractivity contribution in [3.63, 3.8) is 0 Å². The molecule has 3 aromatic carbocycles. The number of nitrogens with zero attached hydrogens (tertiary/aromatic N) is 2. The van der Waals surface area contributed by atoms with Crippen LogP contribution in [0.3, 0.4) is 0 Å². The summed E-state index contributed by atoms with van der Waals surface area (Å²) in [7, 11) is -8.93. The second kappa shape index (κ2) is 9.32. The quantitative estimate of drug-likeness (QED) is 0.264. The topological polar surface area (TPSA) is 114 Å². The Bertz CT molecular complexity index is 1710. The summed E-state index contributed by atoms with van der Waals surface area (Å²) in [4.78, 5) is 5.19. The van der Waals surface area contributed by atoms with Crippen molar-refractivity contribution in [1.29, 1.82) is 0 Å². The molecule has 0 spiro atoms. The predicted octanol–water partition coefficient (Wildman–Crippen LogP) is 5.29. The van der Waals surface area contributed by atoms with E-state index < -0.39 is 53.9 Å². The van der Waals surface area contributed by atoms with E-state index >= 15 is 4.39 Å². The fourth-order valence-electron chi connectivity index (χ4n) is 3.71. The Kier molecular flexibility index (Phi) is 6.65. The van der Waals surface area contributed by atoms with E-state index in [9.17, 15) is 34.6 Å². The molecule has 1 heterocycles. The number of hydrogen-bond donors (Lipinski definition) is 1. The Morgan fingerprint density at radius 2 is 1.46 bits per heavy atom. The van der Waals surface area contributed by atoms with Crippen LogP contribution in [0.4, 0.5) is 17.6 Å². The van der Waals surface area contributed by atoms with Crippen molar-refractivity contribution in [2.75, 3.05) is 6.26 Å². The van der Waals surface area contributed by atoms with Crippen LogP contribution in [0.1, 0.15) is 5.82 Å². The van der Waals surface area contributed by atoms with Crippen LogP contribution >= 0.6 is 0 Å². The lowest BCUT2D eigenvalue weighted by Crippen LogP contribution is -2.12. The molecule has 13 heteroatoms. The number of hydrogen-bond acceptors (Lipinski definition) is 6. The smallest absolute Gasteiger partial charge is 0.282 e. The maximum atomic E-state index is 15.8. The van der Waals surface area contributed by atoms with Crippen LogP contribution in [-0.2, 0) is 26.1 Å². The lowest BCUT2D eigenvalue weighted by atomic mass is 9.91. The number of rotatable bonds is 5. The zero-order chi connectivity index (χ0) is 27.2. The van der Waals surface area contributed by atoms with Gasteiger partial charge in [-0.2, -0.15) is 21.6 Å². The standard InChI is InChI=1S/C24H16F4N2O5S2/c1-36(31,32)16-9-7-15(8-10-16)20-17(14-5-3-2-4-6-14)13-18(21(25)22(20)37(33,34)35)19-11-12-29-23(30-19)24(26,27)28/h2-13H,1H3,(H,33,34,35). The number of sulfone groups is 1. The van der Waals surface area contributed by atoms with Gasteiger partial charge in [0.05, 0.1) is 10.6 Å². The van der Waals surface area contributed by atoms with Crippen LogP contribution in [0, 0.1) is 5.82 Å². The van der Waals surface area contributed by atoms with Crippen molar-refractivity contribution in [3.8, 4) is 33.5 Å². The minimum Gasteiger partial charge on any atom is -0.282 e. The maximum Gasteiger partial charge on any atom is 0.451 e. The van der Waals surface area contributed by atoms with Gasteiger partial charge in [-0.1, -0.05) is 42.5 Å². The van der Waals surface area contributed by atoms with E-state index in [4.69, 9.17) is 0 Å². The largest absolute Gasteiger partial charge is 0.451 e. The van der Waals surface area contributed by atoms with E-state index in [1.165, 1.54) is 24.3 Å². The molecule has 0 aliphatic carbocycles. The molecule has 1 aromatic heterocycles. The van der Waals surface area contributed by atoms with Crippen LogP contribution in [0.2, 0.25) is 0 Å². The molecule has 7 nitrogen and oxygen atoms in total. The summed E-state index contributed by atoms with van der Waals surface area (Å²) in [5.41, 5.74) is -1.12. The molecule has 37 heavy (non-hydrogen) atoms. The third-order valence-corrected chi connectivity index (χ3v) is 7.35. The van der Waals surface area contributed by atoms with Crippen molar-refractivity contribution in [3.05, 3.63) is 84.6 Å². The van der Waals surface area contributed by atoms with Crippen molar-refractivity contribution in [1.82, 2.24) is 9.97 Å². The molecular formula is C24H16F4N2O5S2. The summed E-state index contributed by atoms with van der Waals surface area (Å²) < 4.78 is 114. The monoisotopic (exact) mass is 552 g/mol. The highest BCUT2D eigenvalue weighted by Gasteiger charge is 2.35. The molecule has 0 saturated heterocycles. The summed E-state index contributed by atoms with van der Waals surface area (Å²) >= 11 is 0. The Morgan fingerprint density at radius 1 is 0.838 bits per heavy atom. The normalized spacial score (nSPS) is 12.5. The van der Waals surface area contributed by atoms with Gasteiger partial charge in [-0.25, -0.2) is 22.8 Å². The van der Waals surface area contributed by atoms with Gasteiger partial charge in [0.1, 0.15) is 4.90 Å². The first-order valence-corrected chi connectivity index (χ1v) is 13.6. The van der Waals surface area contributed by atoms with Crippen LogP contribution in [0.15, 0.2) is 82.7 Å². The molecule has 0 saturated carbocycles. The maximum absolute atomic E-state index is 15.8. The first-order chi connectivity index (χ1) is 17.2. The van der Waals surface area contributed by atoms with Gasteiger partial charge in [-0.15, -0.1) is 0 Å². The van der Waals surface area contributed by atoms with Crippen LogP contribution in [0.5, 0.6) is 0 Å². The van der Waals surface area contributed by atoms with Crippen LogP contribution in [0.25, 0.3) is 33.5 Å². The second-order valence-corrected chi connectivity index (χ2v) is 11.3. The molecule has 0 bridgehead atoms. The van der Waals surface area contributed by atoms with E-state index in [-0.39, 0.29) is 21.6 Å². The molecule has 0 unspecified atom stereocenters. The second-order valence-electron chi connectivity index (χ2n) is 7.89. The minimum absolute atomic E-state index is 0.0306. The third-order valence-electron chi connectivity index (χ3n) is 5.32. The fourth-order valence-corrected chi connectivity index (χ4v) is 5.16. The van der Waals surface area contributed by atoms with Crippen molar-refractivity contribution < 1.29 is 39.0 Å². The molecular weight excluding hydrogens is 536 g/mol. The van der Waals surface area contributed by atoms with Crippen LogP contribution in [-0.4, -0.2) is 37.6 Å². The molecule has 4 rings (SSSR count). The van der Waals surface area contributed by atoms with E-state index in [2.05, 4.69) is 9.97 Å². The molecule has 0 aliphatic rings. The summed E-state index contributed by atoms with van der Waals surface area (Å²) in [6.45, 7) is 0. The number of aromatic nitrogens is 2. The highest BCUT2D eigenvalue weighted by Crippen LogP contribution is 2.43. The zero-order valence-corrected chi connectivity index (χ0v) is 20.4. The van der Waals surface area contributed by atoms with E-state index in [1.807, 2.05) is 0 Å². The average Bonchev–Trinajstić information content (AvgIpc) is 2.82. The fraction of sp³-hybridized carbons (Fsp3) is 0.0833. The molecule has 1 N–H and O–H groups in total. The van der Waals surface area contributed by atoms with Gasteiger partial charge in [-0.3, -0.25) is 4.55 Å². The van der Waals surface area contributed by atoms with Crippen molar-refractivity contribution in [2.45, 2.75) is 16.0 Å². The van der Waals surface area contributed by atoms with E-state index in [1.54, 1.807) is 30.3 Å². The van der Waals surface area contributed by atoms with Gasteiger partial charge in [0.25, 0.3) is 10.1 Å². The van der Waals surface area contributed by atoms with E-state index in [0.717, 1.165) is 24.6 Å². The third kappa shape index (κ3) is 5.38. The van der Waals surface area contributed by atoms with Gasteiger partial charge in [0.2, 0.25) is 5.82 Å². The summed E-state index contributed by atoms with van der Waals surface area (Å²) in [6, 6.07) is 14.8. The molecule has 0 fully saturated rings. The molecule has 4 aromatic rings. The molecule has 192 valence electrons. The first kappa shape index (κ1) is 26.4. The lowest BCUT2D eigenvalue weighted by molar-refractivity contribution is -0.144. The lowest BCUT2D eigenvalue weighted by Gasteiger charge is -2.18. The Morgan fingerprint density at radius 3 is 2.00 bits per heavy atom. The zero-order valence-electron chi connectivity index (χ0n) is 18.7. The summed E-state index contributed by atoms with van der Waals surface area (Å²) in [6.07, 6.45) is -3.24. The highest BCUT2D eigenvalue weighted by atomic mass is 32.2. The Balaban J connectivity index is 2.12. The minimum atomic E-state index is -5.31. The van der Waals surface area contributed by atoms with Gasteiger partial charge in [0.15, 0.2) is 15.7 Å². The van der Waals surface area contributed by atoms with Gasteiger partial charge in [0, 0.05) is 23.6 Å². The van der Waals surface area contributed by atoms with Crippen molar-refractivity contribution >= 4 is 20.0 Å². The van der Waals surface area contributed by atoms with Gasteiger partial charge < -0.3 is 0 Å². The number of halogens is 4. The van der Waals surface area contributed by atoms with Gasteiger partial charge in [-0.05, 0) is 41.0 Å².